The maximum Gasteiger partial charge on any atom is 0.350 e. The zero-order chi connectivity index (χ0) is 19.2. The first-order valence-electron chi connectivity index (χ1n) is 9.66. The van der Waals surface area contributed by atoms with E-state index in [4.69, 9.17) is 10.5 Å². The minimum absolute atomic E-state index is 0.135. The number of ether oxygens (including phenoxy) is 1. The molecule has 3 rings (SSSR count). The van der Waals surface area contributed by atoms with Crippen LogP contribution in [0.5, 0.6) is 5.75 Å². The smallest absolute Gasteiger partial charge is 0.350 e. The lowest BCUT2D eigenvalue weighted by molar-refractivity contribution is 0.274. The van der Waals surface area contributed by atoms with Crippen molar-refractivity contribution < 1.29 is 4.74 Å². The summed E-state index contributed by atoms with van der Waals surface area (Å²) in [5.41, 5.74) is 5.99. The average Bonchev–Trinajstić information content (AvgIpc) is 2.92. The van der Waals surface area contributed by atoms with Crippen LogP contribution in [0.1, 0.15) is 38.1 Å². The van der Waals surface area contributed by atoms with Gasteiger partial charge in [0.1, 0.15) is 0 Å². The highest BCUT2D eigenvalue weighted by molar-refractivity contribution is 5.59. The van der Waals surface area contributed by atoms with E-state index in [1.165, 1.54) is 0 Å². The highest BCUT2D eigenvalue weighted by Crippen LogP contribution is 2.32. The lowest BCUT2D eigenvalue weighted by Crippen LogP contribution is -2.30. The predicted molar refractivity (Wildman–Crippen MR) is 108 cm³/mol. The maximum atomic E-state index is 12.6. The molecule has 1 aromatic heterocycles. The molecule has 2 aliphatic heterocycles. The Bertz CT molecular complexity index is 783. The molecular weight excluding hydrogens is 342 g/mol. The summed E-state index contributed by atoms with van der Waals surface area (Å²) in [6.07, 6.45) is 10.2. The summed E-state index contributed by atoms with van der Waals surface area (Å²) in [6, 6.07) is 0.135. The third-order valence-electron chi connectivity index (χ3n) is 5.16. The molecular formula is C20H29N5O2. The number of rotatable bonds is 7. The Kier molecular flexibility index (Phi) is 6.47. The third kappa shape index (κ3) is 4.48. The number of nitrogens with one attached hydrogen (secondary N) is 1. The molecule has 0 amide bonds. The van der Waals surface area contributed by atoms with Gasteiger partial charge in [-0.25, -0.2) is 4.79 Å². The van der Waals surface area contributed by atoms with Crippen molar-refractivity contribution in [2.75, 3.05) is 31.5 Å². The Labute approximate surface area is 160 Å². The Morgan fingerprint density at radius 1 is 1.30 bits per heavy atom. The van der Waals surface area contributed by atoms with Gasteiger partial charge in [0.15, 0.2) is 17.3 Å². The van der Waals surface area contributed by atoms with Crippen LogP contribution < -0.4 is 21.5 Å². The Morgan fingerprint density at radius 2 is 2.15 bits per heavy atom. The second-order valence-corrected chi connectivity index (χ2v) is 6.98. The van der Waals surface area contributed by atoms with E-state index < -0.39 is 0 Å². The van der Waals surface area contributed by atoms with Gasteiger partial charge in [-0.05, 0) is 63.9 Å². The SMILES string of the molecule is C=CC1=C(C=C)Oc2cn(C3CCCN(CCCCN)CC3)c(=O)nc2N1. The van der Waals surface area contributed by atoms with Gasteiger partial charge in [-0.2, -0.15) is 4.98 Å². The van der Waals surface area contributed by atoms with Crippen LogP contribution in [0.2, 0.25) is 0 Å². The van der Waals surface area contributed by atoms with Gasteiger partial charge < -0.3 is 20.7 Å². The molecule has 1 atom stereocenters. The standard InChI is InChI=1S/C20H29N5O2/c1-3-16-17(4-2)27-18-14-25(20(26)23-19(18)22-16)15-8-7-12-24(13-9-15)11-6-5-10-21/h3-4,14-15H,1-2,5-13,21H2,(H,22,23,26). The van der Waals surface area contributed by atoms with Crippen LogP contribution >= 0.6 is 0 Å². The summed E-state index contributed by atoms with van der Waals surface area (Å²) >= 11 is 0. The van der Waals surface area contributed by atoms with E-state index in [0.717, 1.165) is 58.3 Å². The number of likely N-dealkylation sites (tertiary alicyclic amines) is 1. The first-order chi connectivity index (χ1) is 13.2. The highest BCUT2D eigenvalue weighted by Gasteiger charge is 2.24. The van der Waals surface area contributed by atoms with E-state index in [2.05, 4.69) is 28.4 Å². The number of fused-ring (bicyclic) bond motifs is 1. The fraction of sp³-hybridized carbons (Fsp3) is 0.500. The van der Waals surface area contributed by atoms with Gasteiger partial charge in [-0.1, -0.05) is 13.2 Å². The number of aromatic nitrogens is 2. The topological polar surface area (TPSA) is 85.4 Å². The number of allylic oxidation sites excluding steroid dienone is 2. The van der Waals surface area contributed by atoms with Gasteiger partial charge >= 0.3 is 5.69 Å². The summed E-state index contributed by atoms with van der Waals surface area (Å²) in [5.74, 6) is 1.55. The number of nitrogens with zero attached hydrogens (tertiary/aromatic N) is 3. The van der Waals surface area contributed by atoms with Gasteiger partial charge in [-0.3, -0.25) is 4.57 Å². The van der Waals surface area contributed by atoms with Crippen LogP contribution in [0.4, 0.5) is 5.82 Å². The molecule has 3 heterocycles. The summed E-state index contributed by atoms with van der Waals surface area (Å²) in [6.45, 7) is 11.4. The molecule has 1 saturated heterocycles. The van der Waals surface area contributed by atoms with Gasteiger partial charge in [0.05, 0.1) is 11.9 Å². The minimum Gasteiger partial charge on any atom is -0.450 e. The quantitative estimate of drug-likeness (QED) is 0.716. The first kappa shape index (κ1) is 19.4. The van der Waals surface area contributed by atoms with Crippen LogP contribution in [0.3, 0.4) is 0 Å². The normalized spacial score (nSPS) is 20.3. The molecule has 1 fully saturated rings. The highest BCUT2D eigenvalue weighted by atomic mass is 16.5. The zero-order valence-electron chi connectivity index (χ0n) is 15.8. The van der Waals surface area contributed by atoms with E-state index in [1.54, 1.807) is 22.9 Å². The first-order valence-corrected chi connectivity index (χ1v) is 9.66. The largest absolute Gasteiger partial charge is 0.450 e. The molecule has 0 bridgehead atoms. The van der Waals surface area contributed by atoms with Crippen LogP contribution in [-0.2, 0) is 0 Å². The number of hydrogen-bond acceptors (Lipinski definition) is 6. The van der Waals surface area contributed by atoms with Crippen molar-refractivity contribution in [2.24, 2.45) is 5.73 Å². The number of anilines is 1. The monoisotopic (exact) mass is 371 g/mol. The molecule has 146 valence electrons. The van der Waals surface area contributed by atoms with Gasteiger partial charge in [0, 0.05) is 12.6 Å². The van der Waals surface area contributed by atoms with Crippen molar-refractivity contribution in [1.29, 1.82) is 0 Å². The lowest BCUT2D eigenvalue weighted by atomic mass is 10.1. The molecule has 0 saturated carbocycles. The van der Waals surface area contributed by atoms with Crippen molar-refractivity contribution in [2.45, 2.75) is 38.1 Å². The molecule has 7 heteroatoms. The number of hydrogen-bond donors (Lipinski definition) is 2. The lowest BCUT2D eigenvalue weighted by Gasteiger charge is -2.24. The zero-order valence-corrected chi connectivity index (χ0v) is 15.8. The average molecular weight is 371 g/mol. The van der Waals surface area contributed by atoms with Gasteiger partial charge in [0.2, 0.25) is 0 Å². The van der Waals surface area contributed by atoms with E-state index in [1.807, 2.05) is 0 Å². The van der Waals surface area contributed by atoms with E-state index in [-0.39, 0.29) is 11.7 Å². The summed E-state index contributed by atoms with van der Waals surface area (Å²) in [5, 5.41) is 3.09. The molecule has 3 N–H and O–H groups in total. The van der Waals surface area contributed by atoms with Crippen LogP contribution in [0.25, 0.3) is 0 Å². The van der Waals surface area contributed by atoms with E-state index >= 15 is 0 Å². The molecule has 27 heavy (non-hydrogen) atoms. The number of unbranched alkanes of at least 4 members (excludes halogenated alkanes) is 1. The van der Waals surface area contributed by atoms with Crippen LogP contribution in [0.15, 0.2) is 47.8 Å². The molecule has 1 aromatic rings. The Hall–Kier alpha value is -2.38. The predicted octanol–water partition coefficient (Wildman–Crippen LogP) is 2.40. The molecule has 0 spiro atoms. The fourth-order valence-corrected chi connectivity index (χ4v) is 3.66. The fourth-order valence-electron chi connectivity index (χ4n) is 3.66. The van der Waals surface area contributed by atoms with E-state index in [9.17, 15) is 4.79 Å². The molecule has 0 aromatic carbocycles. The number of nitrogens with two attached hydrogens (primary N) is 1. The molecule has 7 nitrogen and oxygen atoms in total. The summed E-state index contributed by atoms with van der Waals surface area (Å²) in [4.78, 5) is 19.3. The second kappa shape index (κ2) is 9.01. The van der Waals surface area contributed by atoms with Crippen molar-refractivity contribution in [3.8, 4) is 5.75 Å². The van der Waals surface area contributed by atoms with E-state index in [0.29, 0.717) is 23.0 Å². The molecule has 2 aliphatic rings. The summed E-state index contributed by atoms with van der Waals surface area (Å²) < 4.78 is 7.60. The van der Waals surface area contributed by atoms with Crippen molar-refractivity contribution in [3.63, 3.8) is 0 Å². The van der Waals surface area contributed by atoms with Gasteiger partial charge in [0.25, 0.3) is 0 Å². The Morgan fingerprint density at radius 3 is 2.89 bits per heavy atom. The summed E-state index contributed by atoms with van der Waals surface area (Å²) in [7, 11) is 0. The molecule has 1 unspecified atom stereocenters. The van der Waals surface area contributed by atoms with Gasteiger partial charge in [-0.15, -0.1) is 0 Å². The van der Waals surface area contributed by atoms with Crippen LogP contribution in [0, 0.1) is 0 Å². The van der Waals surface area contributed by atoms with Crippen molar-refractivity contribution in [3.05, 3.63) is 53.4 Å². The minimum atomic E-state index is -0.253. The molecule has 0 aliphatic carbocycles. The van der Waals surface area contributed by atoms with Crippen molar-refractivity contribution in [1.82, 2.24) is 14.5 Å². The Balaban J connectivity index is 1.74. The van der Waals surface area contributed by atoms with Crippen molar-refractivity contribution >= 4 is 5.82 Å². The molecule has 0 radical (unpaired) electrons. The van der Waals surface area contributed by atoms with Crippen LogP contribution in [-0.4, -0.2) is 40.6 Å². The maximum absolute atomic E-state index is 12.6. The third-order valence-corrected chi connectivity index (χ3v) is 5.16. The second-order valence-electron chi connectivity index (χ2n) is 6.98.